The molecule has 2 heterocycles. The van der Waals surface area contributed by atoms with E-state index in [9.17, 15) is 4.79 Å². The lowest BCUT2D eigenvalue weighted by atomic mass is 10.0. The van der Waals surface area contributed by atoms with E-state index >= 15 is 0 Å². The zero-order valence-electron chi connectivity index (χ0n) is 11.9. The predicted molar refractivity (Wildman–Crippen MR) is 79.0 cm³/mol. The van der Waals surface area contributed by atoms with Crippen LogP contribution in [-0.2, 0) is 16.0 Å². The first-order chi connectivity index (χ1) is 9.84. The van der Waals surface area contributed by atoms with Crippen molar-refractivity contribution in [2.75, 3.05) is 44.3 Å². The molecule has 1 amide bonds. The van der Waals surface area contributed by atoms with E-state index in [1.807, 2.05) is 4.90 Å². The number of amides is 1. The molecule has 1 fully saturated rings. The second-order valence-corrected chi connectivity index (χ2v) is 5.46. The molecule has 2 aliphatic rings. The third kappa shape index (κ3) is 2.96. The Morgan fingerprint density at radius 2 is 1.95 bits per heavy atom. The number of anilines is 1. The maximum atomic E-state index is 12.2. The highest BCUT2D eigenvalue weighted by Gasteiger charge is 2.20. The van der Waals surface area contributed by atoms with Gasteiger partial charge in [0, 0.05) is 38.3 Å². The number of nitrogens with zero attached hydrogens (tertiary/aromatic N) is 2. The van der Waals surface area contributed by atoms with Crippen LogP contribution in [0.3, 0.4) is 0 Å². The van der Waals surface area contributed by atoms with Crippen molar-refractivity contribution in [2.45, 2.75) is 19.3 Å². The minimum atomic E-state index is 0.261. The molecule has 4 heteroatoms. The number of aryl methyl sites for hydroxylation is 1. The lowest BCUT2D eigenvalue weighted by Crippen LogP contribution is -2.42. The minimum absolute atomic E-state index is 0.261. The Kier molecular flexibility index (Phi) is 4.21. The number of ether oxygens (including phenoxy) is 1. The highest BCUT2D eigenvalue weighted by molar-refractivity contribution is 5.77. The molecule has 1 aromatic rings. The fourth-order valence-electron chi connectivity index (χ4n) is 3.05. The van der Waals surface area contributed by atoms with Gasteiger partial charge in [0.2, 0.25) is 5.91 Å². The SMILES string of the molecule is O=C(CCN1CCCc2ccccc21)N1CCOCC1. The van der Waals surface area contributed by atoms with Crippen LogP contribution in [0.1, 0.15) is 18.4 Å². The van der Waals surface area contributed by atoms with Crippen molar-refractivity contribution in [3.05, 3.63) is 29.8 Å². The van der Waals surface area contributed by atoms with Gasteiger partial charge in [0.1, 0.15) is 0 Å². The molecular formula is C16H22N2O2. The zero-order chi connectivity index (χ0) is 13.8. The molecule has 4 nitrogen and oxygen atoms in total. The Bertz CT molecular complexity index is 469. The molecule has 0 unspecified atom stereocenters. The number of benzene rings is 1. The Morgan fingerprint density at radius 1 is 1.15 bits per heavy atom. The molecule has 1 saturated heterocycles. The van der Waals surface area contributed by atoms with Crippen molar-refractivity contribution >= 4 is 11.6 Å². The maximum Gasteiger partial charge on any atom is 0.224 e. The monoisotopic (exact) mass is 274 g/mol. The number of fused-ring (bicyclic) bond motifs is 1. The van der Waals surface area contributed by atoms with Gasteiger partial charge in [0.05, 0.1) is 13.2 Å². The van der Waals surface area contributed by atoms with Gasteiger partial charge in [-0.2, -0.15) is 0 Å². The lowest BCUT2D eigenvalue weighted by molar-refractivity contribution is -0.135. The van der Waals surface area contributed by atoms with E-state index < -0.39 is 0 Å². The quantitative estimate of drug-likeness (QED) is 0.841. The maximum absolute atomic E-state index is 12.2. The second-order valence-electron chi connectivity index (χ2n) is 5.46. The minimum Gasteiger partial charge on any atom is -0.378 e. The summed E-state index contributed by atoms with van der Waals surface area (Å²) in [5.74, 6) is 0.261. The van der Waals surface area contributed by atoms with Crippen LogP contribution in [0.5, 0.6) is 0 Å². The Labute approximate surface area is 120 Å². The van der Waals surface area contributed by atoms with Crippen molar-refractivity contribution in [1.29, 1.82) is 0 Å². The van der Waals surface area contributed by atoms with Gasteiger partial charge < -0.3 is 14.5 Å². The molecule has 20 heavy (non-hydrogen) atoms. The molecular weight excluding hydrogens is 252 g/mol. The van der Waals surface area contributed by atoms with Gasteiger partial charge >= 0.3 is 0 Å². The number of rotatable bonds is 3. The van der Waals surface area contributed by atoms with Crippen LogP contribution < -0.4 is 4.90 Å². The van der Waals surface area contributed by atoms with Crippen LogP contribution in [0, 0.1) is 0 Å². The van der Waals surface area contributed by atoms with Crippen LogP contribution in [0.15, 0.2) is 24.3 Å². The highest BCUT2D eigenvalue weighted by atomic mass is 16.5. The fourth-order valence-corrected chi connectivity index (χ4v) is 3.05. The number of hydrogen-bond donors (Lipinski definition) is 0. The van der Waals surface area contributed by atoms with Crippen LogP contribution >= 0.6 is 0 Å². The van der Waals surface area contributed by atoms with Gasteiger partial charge in [0.15, 0.2) is 0 Å². The molecule has 108 valence electrons. The zero-order valence-corrected chi connectivity index (χ0v) is 11.9. The number of hydrogen-bond acceptors (Lipinski definition) is 3. The van der Waals surface area contributed by atoms with Crippen LogP contribution in [0.4, 0.5) is 5.69 Å². The van der Waals surface area contributed by atoms with E-state index in [1.165, 1.54) is 17.7 Å². The van der Waals surface area contributed by atoms with Gasteiger partial charge in [-0.15, -0.1) is 0 Å². The topological polar surface area (TPSA) is 32.8 Å². The van der Waals surface area contributed by atoms with Gasteiger partial charge in [-0.05, 0) is 24.5 Å². The summed E-state index contributed by atoms with van der Waals surface area (Å²) in [6, 6.07) is 8.56. The molecule has 0 radical (unpaired) electrons. The van der Waals surface area contributed by atoms with Crippen molar-refractivity contribution in [2.24, 2.45) is 0 Å². The normalized spacial score (nSPS) is 18.8. The summed E-state index contributed by atoms with van der Waals surface area (Å²) in [6.07, 6.45) is 2.95. The summed E-state index contributed by atoms with van der Waals surface area (Å²) in [5.41, 5.74) is 2.73. The Morgan fingerprint density at radius 3 is 2.80 bits per heavy atom. The van der Waals surface area contributed by atoms with Crippen molar-refractivity contribution in [3.8, 4) is 0 Å². The standard InChI is InChI=1S/C16H22N2O2/c19-16(18-10-12-20-13-11-18)7-9-17-8-3-5-14-4-1-2-6-15(14)17/h1-2,4,6H,3,5,7-13H2. The number of morpholine rings is 1. The molecule has 1 aromatic carbocycles. The molecule has 2 aliphatic heterocycles. The summed E-state index contributed by atoms with van der Waals surface area (Å²) in [5, 5.41) is 0. The summed E-state index contributed by atoms with van der Waals surface area (Å²) in [4.78, 5) is 16.5. The number of carbonyl (C=O) groups is 1. The molecule has 0 saturated carbocycles. The summed E-state index contributed by atoms with van der Waals surface area (Å²) in [6.45, 7) is 4.74. The van der Waals surface area contributed by atoms with Crippen LogP contribution in [0.25, 0.3) is 0 Å². The van der Waals surface area contributed by atoms with E-state index in [1.54, 1.807) is 0 Å². The first-order valence-electron chi connectivity index (χ1n) is 7.53. The largest absolute Gasteiger partial charge is 0.378 e. The first-order valence-corrected chi connectivity index (χ1v) is 7.53. The van der Waals surface area contributed by atoms with Gasteiger partial charge in [-0.3, -0.25) is 4.79 Å². The van der Waals surface area contributed by atoms with Gasteiger partial charge in [0.25, 0.3) is 0 Å². The number of para-hydroxylation sites is 1. The van der Waals surface area contributed by atoms with Crippen molar-refractivity contribution < 1.29 is 9.53 Å². The average Bonchev–Trinajstić information content (AvgIpc) is 2.53. The van der Waals surface area contributed by atoms with E-state index in [4.69, 9.17) is 4.74 Å². The Balaban J connectivity index is 1.57. The fraction of sp³-hybridized carbons (Fsp3) is 0.562. The summed E-state index contributed by atoms with van der Waals surface area (Å²) in [7, 11) is 0. The first kappa shape index (κ1) is 13.4. The van der Waals surface area contributed by atoms with Crippen LogP contribution in [0.2, 0.25) is 0 Å². The summed E-state index contributed by atoms with van der Waals surface area (Å²) >= 11 is 0. The molecule has 0 aromatic heterocycles. The second kappa shape index (κ2) is 6.27. The summed E-state index contributed by atoms with van der Waals surface area (Å²) < 4.78 is 5.29. The smallest absolute Gasteiger partial charge is 0.224 e. The molecule has 0 N–H and O–H groups in total. The third-order valence-corrected chi connectivity index (χ3v) is 4.17. The lowest BCUT2D eigenvalue weighted by Gasteiger charge is -2.32. The third-order valence-electron chi connectivity index (χ3n) is 4.17. The predicted octanol–water partition coefficient (Wildman–Crippen LogP) is 1.69. The van der Waals surface area contributed by atoms with Crippen molar-refractivity contribution in [3.63, 3.8) is 0 Å². The van der Waals surface area contributed by atoms with Crippen molar-refractivity contribution in [1.82, 2.24) is 4.90 Å². The average molecular weight is 274 g/mol. The van der Waals surface area contributed by atoms with Crippen LogP contribution in [-0.4, -0.2) is 50.2 Å². The molecule has 3 rings (SSSR count). The highest BCUT2D eigenvalue weighted by Crippen LogP contribution is 2.26. The molecule has 0 bridgehead atoms. The van der Waals surface area contributed by atoms with Gasteiger partial charge in [-0.25, -0.2) is 0 Å². The molecule has 0 atom stereocenters. The van der Waals surface area contributed by atoms with E-state index in [2.05, 4.69) is 29.2 Å². The number of carbonyl (C=O) groups excluding carboxylic acids is 1. The Hall–Kier alpha value is -1.55. The molecule has 0 spiro atoms. The van der Waals surface area contributed by atoms with E-state index in [0.717, 1.165) is 32.6 Å². The van der Waals surface area contributed by atoms with E-state index in [-0.39, 0.29) is 5.91 Å². The van der Waals surface area contributed by atoms with Gasteiger partial charge in [-0.1, -0.05) is 18.2 Å². The molecule has 0 aliphatic carbocycles. The van der Waals surface area contributed by atoms with E-state index in [0.29, 0.717) is 19.6 Å².